The first-order valence-corrected chi connectivity index (χ1v) is 8.59. The Morgan fingerprint density at radius 2 is 2.08 bits per heavy atom. The van der Waals surface area contributed by atoms with Crippen LogP contribution < -0.4 is 15.4 Å². The molecule has 1 aliphatic rings. The van der Waals surface area contributed by atoms with Gasteiger partial charge in [0.1, 0.15) is 5.75 Å². The van der Waals surface area contributed by atoms with Gasteiger partial charge >= 0.3 is 0 Å². The summed E-state index contributed by atoms with van der Waals surface area (Å²) in [5.74, 6) is 0.899. The molecule has 1 fully saturated rings. The van der Waals surface area contributed by atoms with Crippen molar-refractivity contribution >= 4 is 18.3 Å². The van der Waals surface area contributed by atoms with E-state index in [0.717, 1.165) is 57.0 Å². The lowest BCUT2D eigenvalue weighted by Crippen LogP contribution is -2.44. The van der Waals surface area contributed by atoms with Crippen LogP contribution in [0, 0.1) is 0 Å². The van der Waals surface area contributed by atoms with Crippen molar-refractivity contribution in [2.24, 2.45) is 0 Å². The second-order valence-corrected chi connectivity index (χ2v) is 6.29. The lowest BCUT2D eigenvalue weighted by molar-refractivity contribution is -0.120. The van der Waals surface area contributed by atoms with E-state index in [1.807, 2.05) is 38.1 Å². The van der Waals surface area contributed by atoms with Crippen LogP contribution in [0.3, 0.4) is 0 Å². The van der Waals surface area contributed by atoms with Gasteiger partial charge in [0.2, 0.25) is 5.91 Å². The van der Waals surface area contributed by atoms with E-state index in [2.05, 4.69) is 15.5 Å². The monoisotopic (exact) mass is 355 g/mol. The summed E-state index contributed by atoms with van der Waals surface area (Å²) < 4.78 is 5.66. The number of halogens is 1. The molecule has 0 saturated carbocycles. The Kier molecular flexibility index (Phi) is 9.76. The van der Waals surface area contributed by atoms with Crippen LogP contribution in [-0.2, 0) is 11.2 Å². The fourth-order valence-corrected chi connectivity index (χ4v) is 2.71. The summed E-state index contributed by atoms with van der Waals surface area (Å²) >= 11 is 0. The van der Waals surface area contributed by atoms with Crippen molar-refractivity contribution in [3.8, 4) is 5.75 Å². The van der Waals surface area contributed by atoms with Gasteiger partial charge in [0.05, 0.1) is 12.5 Å². The van der Waals surface area contributed by atoms with Crippen LogP contribution in [0.1, 0.15) is 25.8 Å². The maximum Gasteiger partial charge on any atom is 0.224 e. The van der Waals surface area contributed by atoms with E-state index in [4.69, 9.17) is 4.74 Å². The van der Waals surface area contributed by atoms with Crippen LogP contribution >= 0.6 is 12.4 Å². The van der Waals surface area contributed by atoms with Gasteiger partial charge in [-0.15, -0.1) is 12.4 Å². The van der Waals surface area contributed by atoms with Gasteiger partial charge in [-0.3, -0.25) is 4.79 Å². The summed E-state index contributed by atoms with van der Waals surface area (Å²) in [6, 6.07) is 7.77. The van der Waals surface area contributed by atoms with Crippen molar-refractivity contribution in [2.75, 3.05) is 39.3 Å². The Hall–Kier alpha value is -1.30. The number of amides is 1. The average molecular weight is 356 g/mol. The van der Waals surface area contributed by atoms with Crippen LogP contribution in [0.25, 0.3) is 0 Å². The first kappa shape index (κ1) is 20.7. The minimum Gasteiger partial charge on any atom is -0.491 e. The number of carbonyl (C=O) groups excluding carboxylic acids is 1. The molecule has 1 aromatic carbocycles. The van der Waals surface area contributed by atoms with Gasteiger partial charge < -0.3 is 20.3 Å². The zero-order valence-corrected chi connectivity index (χ0v) is 15.5. The molecule has 1 aromatic rings. The number of rotatable bonds is 8. The highest BCUT2D eigenvalue weighted by Gasteiger charge is 2.09. The normalized spacial score (nSPS) is 15.0. The first-order chi connectivity index (χ1) is 11.1. The smallest absolute Gasteiger partial charge is 0.224 e. The number of nitrogens with zero attached hydrogens (tertiary/aromatic N) is 1. The number of carbonyl (C=O) groups is 1. The molecule has 136 valence electrons. The maximum atomic E-state index is 12.0. The second-order valence-electron chi connectivity index (χ2n) is 6.29. The lowest BCUT2D eigenvalue weighted by Gasteiger charge is -2.27. The van der Waals surface area contributed by atoms with Crippen molar-refractivity contribution in [2.45, 2.75) is 32.8 Å². The largest absolute Gasteiger partial charge is 0.491 e. The molecule has 2 N–H and O–H groups in total. The molecular weight excluding hydrogens is 326 g/mol. The molecule has 1 heterocycles. The van der Waals surface area contributed by atoms with E-state index < -0.39 is 0 Å². The zero-order valence-electron chi connectivity index (χ0n) is 14.7. The highest BCUT2D eigenvalue weighted by molar-refractivity contribution is 5.85. The predicted molar refractivity (Wildman–Crippen MR) is 100 cm³/mol. The quantitative estimate of drug-likeness (QED) is 0.699. The summed E-state index contributed by atoms with van der Waals surface area (Å²) in [6.45, 7) is 10.1. The van der Waals surface area contributed by atoms with Crippen LogP contribution in [0.2, 0.25) is 0 Å². The molecule has 0 aromatic heterocycles. The Bertz CT molecular complexity index is 491. The van der Waals surface area contributed by atoms with Crippen LogP contribution in [0.4, 0.5) is 0 Å². The van der Waals surface area contributed by atoms with Gasteiger partial charge in [-0.25, -0.2) is 0 Å². The second kappa shape index (κ2) is 11.3. The Balaban J connectivity index is 0.00000288. The summed E-state index contributed by atoms with van der Waals surface area (Å²) in [4.78, 5) is 14.5. The third kappa shape index (κ3) is 7.99. The molecule has 0 spiro atoms. The van der Waals surface area contributed by atoms with Crippen molar-refractivity contribution in [1.82, 2.24) is 15.5 Å². The van der Waals surface area contributed by atoms with E-state index in [0.29, 0.717) is 6.42 Å². The highest BCUT2D eigenvalue weighted by atomic mass is 35.5. The number of hydrogen-bond donors (Lipinski definition) is 2. The minimum absolute atomic E-state index is 0. The molecule has 1 amide bonds. The van der Waals surface area contributed by atoms with Crippen LogP contribution in [0.15, 0.2) is 24.3 Å². The third-order valence-electron chi connectivity index (χ3n) is 3.82. The summed E-state index contributed by atoms with van der Waals surface area (Å²) in [7, 11) is 0. The molecule has 0 aliphatic carbocycles. The summed E-state index contributed by atoms with van der Waals surface area (Å²) in [6.07, 6.45) is 1.55. The van der Waals surface area contributed by atoms with Gasteiger partial charge in [-0.1, -0.05) is 12.1 Å². The molecule has 5 nitrogen and oxygen atoms in total. The van der Waals surface area contributed by atoms with Gasteiger partial charge in [-0.2, -0.15) is 0 Å². The molecule has 0 atom stereocenters. The fourth-order valence-electron chi connectivity index (χ4n) is 2.71. The molecule has 1 aliphatic heterocycles. The van der Waals surface area contributed by atoms with E-state index in [-0.39, 0.29) is 24.4 Å². The van der Waals surface area contributed by atoms with Crippen molar-refractivity contribution in [1.29, 1.82) is 0 Å². The standard InChI is InChI=1S/C18H29N3O2.ClH/c1-15(2)23-17-6-3-5-16(13-17)14-18(22)20-7-4-10-21-11-8-19-9-12-21;/h3,5-6,13,15,19H,4,7-12,14H2,1-2H3,(H,20,22);1H. The number of hydrogen-bond acceptors (Lipinski definition) is 4. The molecule has 0 unspecified atom stereocenters. The predicted octanol–water partition coefficient (Wildman–Crippen LogP) is 1.85. The molecule has 24 heavy (non-hydrogen) atoms. The molecule has 0 radical (unpaired) electrons. The third-order valence-corrected chi connectivity index (χ3v) is 3.82. The van der Waals surface area contributed by atoms with E-state index in [1.54, 1.807) is 0 Å². The molecule has 2 rings (SSSR count). The average Bonchev–Trinajstić information content (AvgIpc) is 2.52. The van der Waals surface area contributed by atoms with Crippen molar-refractivity contribution < 1.29 is 9.53 Å². The topological polar surface area (TPSA) is 53.6 Å². The number of nitrogens with one attached hydrogen (secondary N) is 2. The zero-order chi connectivity index (χ0) is 16.5. The highest BCUT2D eigenvalue weighted by Crippen LogP contribution is 2.15. The van der Waals surface area contributed by atoms with Crippen LogP contribution in [0.5, 0.6) is 5.75 Å². The number of benzene rings is 1. The Labute approximate surface area is 151 Å². The van der Waals surface area contributed by atoms with E-state index in [9.17, 15) is 4.79 Å². The minimum atomic E-state index is 0. The van der Waals surface area contributed by atoms with Crippen molar-refractivity contribution in [3.63, 3.8) is 0 Å². The van der Waals surface area contributed by atoms with Gasteiger partial charge in [-0.05, 0) is 44.5 Å². The van der Waals surface area contributed by atoms with E-state index in [1.165, 1.54) is 0 Å². The first-order valence-electron chi connectivity index (χ1n) is 8.59. The Morgan fingerprint density at radius 3 is 2.79 bits per heavy atom. The molecule has 1 saturated heterocycles. The van der Waals surface area contributed by atoms with Gasteiger partial charge in [0.25, 0.3) is 0 Å². The fraction of sp³-hybridized carbons (Fsp3) is 0.611. The van der Waals surface area contributed by atoms with Gasteiger partial charge in [0, 0.05) is 32.7 Å². The molecule has 0 bridgehead atoms. The number of piperazine rings is 1. The van der Waals surface area contributed by atoms with Crippen LogP contribution in [-0.4, -0.2) is 56.2 Å². The lowest BCUT2D eigenvalue weighted by atomic mass is 10.1. The molecule has 6 heteroatoms. The SMILES string of the molecule is CC(C)Oc1cccc(CC(=O)NCCCN2CCNCC2)c1.Cl. The summed E-state index contributed by atoms with van der Waals surface area (Å²) in [5.41, 5.74) is 0.989. The maximum absolute atomic E-state index is 12.0. The molecular formula is C18H30ClN3O2. The summed E-state index contributed by atoms with van der Waals surface area (Å²) in [5, 5.41) is 6.35. The Morgan fingerprint density at radius 1 is 1.33 bits per heavy atom. The van der Waals surface area contributed by atoms with Crippen molar-refractivity contribution in [3.05, 3.63) is 29.8 Å². The number of ether oxygens (including phenoxy) is 1. The van der Waals surface area contributed by atoms with Gasteiger partial charge in [0.15, 0.2) is 0 Å². The van der Waals surface area contributed by atoms with E-state index >= 15 is 0 Å².